The molecule has 0 saturated carbocycles. The number of fused-ring (bicyclic) bond motifs is 1. The third-order valence-corrected chi connectivity index (χ3v) is 3.90. The molecule has 0 spiro atoms. The normalized spacial score (nSPS) is 19.4. The van der Waals surface area contributed by atoms with Crippen LogP contribution in [0.5, 0.6) is 0 Å². The third kappa shape index (κ3) is 2.71. The minimum Gasteiger partial charge on any atom is -0.378 e. The number of hydrogen-bond acceptors (Lipinski definition) is 5. The molecule has 7 heteroatoms. The zero-order valence-electron chi connectivity index (χ0n) is 10.3. The molecule has 2 N–H and O–H groups in total. The molecule has 17 heavy (non-hydrogen) atoms. The van der Waals surface area contributed by atoms with Crippen molar-refractivity contribution in [3.8, 4) is 0 Å². The van der Waals surface area contributed by atoms with Crippen molar-refractivity contribution in [3.63, 3.8) is 0 Å². The van der Waals surface area contributed by atoms with Crippen molar-refractivity contribution in [1.29, 1.82) is 0 Å². The number of anilines is 2. The van der Waals surface area contributed by atoms with E-state index >= 15 is 0 Å². The first-order chi connectivity index (χ1) is 7.87. The molecule has 0 saturated heterocycles. The Labute approximate surface area is 101 Å². The highest BCUT2D eigenvalue weighted by Crippen LogP contribution is 2.29. The molecule has 1 aromatic heterocycles. The van der Waals surface area contributed by atoms with Gasteiger partial charge in [-0.15, -0.1) is 0 Å². The fourth-order valence-electron chi connectivity index (χ4n) is 2.04. The van der Waals surface area contributed by atoms with E-state index < -0.39 is 9.84 Å². The molecule has 1 unspecified atom stereocenters. The number of aryl methyl sites for hydroxylation is 2. The maximum absolute atomic E-state index is 11.1. The molecule has 0 aromatic carbocycles. The van der Waals surface area contributed by atoms with Crippen LogP contribution < -0.4 is 10.6 Å². The fraction of sp³-hybridized carbons (Fsp3) is 0.700. The highest BCUT2D eigenvalue weighted by atomic mass is 32.2. The Morgan fingerprint density at radius 2 is 2.24 bits per heavy atom. The van der Waals surface area contributed by atoms with Gasteiger partial charge in [-0.05, 0) is 13.3 Å². The zero-order valence-corrected chi connectivity index (χ0v) is 11.1. The van der Waals surface area contributed by atoms with Gasteiger partial charge >= 0.3 is 0 Å². The van der Waals surface area contributed by atoms with E-state index in [9.17, 15) is 8.42 Å². The molecular weight excluding hydrogens is 240 g/mol. The Balaban J connectivity index is 2.06. The molecule has 1 aromatic rings. The highest BCUT2D eigenvalue weighted by molar-refractivity contribution is 7.90. The van der Waals surface area contributed by atoms with Gasteiger partial charge in [-0.3, -0.25) is 4.68 Å². The third-order valence-electron chi connectivity index (χ3n) is 2.93. The SMILES string of the molecule is Cc1nn(C)c2c1NCC(CCS(C)(=O)=O)N2. The summed E-state index contributed by atoms with van der Waals surface area (Å²) in [7, 11) is -1.02. The molecule has 2 rings (SSSR count). The smallest absolute Gasteiger partial charge is 0.148 e. The van der Waals surface area contributed by atoms with E-state index in [2.05, 4.69) is 15.7 Å². The molecule has 1 aliphatic rings. The van der Waals surface area contributed by atoms with E-state index in [1.54, 1.807) is 4.68 Å². The number of nitrogens with zero attached hydrogens (tertiary/aromatic N) is 2. The summed E-state index contributed by atoms with van der Waals surface area (Å²) in [5.41, 5.74) is 1.97. The Bertz CT molecular complexity index is 521. The molecule has 2 heterocycles. The standard InChI is InChI=1S/C10H18N4O2S/c1-7-9-10(14(2)13-7)12-8(6-11-9)4-5-17(3,15)16/h8,11-12H,4-6H2,1-3H3. The summed E-state index contributed by atoms with van der Waals surface area (Å²) in [5, 5.41) is 10.9. The predicted octanol–water partition coefficient (Wildman–Crippen LogP) is 0.369. The van der Waals surface area contributed by atoms with Gasteiger partial charge in [-0.1, -0.05) is 0 Å². The number of rotatable bonds is 3. The summed E-state index contributed by atoms with van der Waals surface area (Å²) < 4.78 is 24.0. The second-order valence-corrected chi connectivity index (χ2v) is 6.83. The van der Waals surface area contributed by atoms with Gasteiger partial charge in [0.2, 0.25) is 0 Å². The fourth-order valence-corrected chi connectivity index (χ4v) is 2.75. The van der Waals surface area contributed by atoms with E-state index in [1.807, 2.05) is 14.0 Å². The Morgan fingerprint density at radius 3 is 2.88 bits per heavy atom. The van der Waals surface area contributed by atoms with Crippen LogP contribution in [-0.2, 0) is 16.9 Å². The van der Waals surface area contributed by atoms with Crippen molar-refractivity contribution >= 4 is 21.3 Å². The summed E-state index contributed by atoms with van der Waals surface area (Å²) in [6, 6.07) is 0.132. The molecule has 0 radical (unpaired) electrons. The average Bonchev–Trinajstić information content (AvgIpc) is 2.51. The second kappa shape index (κ2) is 4.21. The van der Waals surface area contributed by atoms with Crippen LogP contribution in [0.1, 0.15) is 12.1 Å². The van der Waals surface area contributed by atoms with Crippen molar-refractivity contribution in [2.24, 2.45) is 7.05 Å². The van der Waals surface area contributed by atoms with Gasteiger partial charge in [-0.25, -0.2) is 8.42 Å². The number of nitrogens with one attached hydrogen (secondary N) is 2. The van der Waals surface area contributed by atoms with E-state index in [-0.39, 0.29) is 11.8 Å². The van der Waals surface area contributed by atoms with Gasteiger partial charge in [-0.2, -0.15) is 5.10 Å². The molecule has 0 bridgehead atoms. The molecule has 6 nitrogen and oxygen atoms in total. The molecule has 0 amide bonds. The molecule has 0 aliphatic carbocycles. The minimum atomic E-state index is -2.90. The van der Waals surface area contributed by atoms with E-state index in [4.69, 9.17) is 0 Å². The quantitative estimate of drug-likeness (QED) is 0.819. The van der Waals surface area contributed by atoms with Crippen LogP contribution in [0.15, 0.2) is 0 Å². The molecular formula is C10H18N4O2S. The first-order valence-corrected chi connectivity index (χ1v) is 7.64. The zero-order chi connectivity index (χ0) is 12.6. The Morgan fingerprint density at radius 1 is 1.53 bits per heavy atom. The first kappa shape index (κ1) is 12.2. The van der Waals surface area contributed by atoms with Crippen molar-refractivity contribution < 1.29 is 8.42 Å². The summed E-state index contributed by atoms with van der Waals surface area (Å²) in [5.74, 6) is 1.14. The number of hydrogen-bond donors (Lipinski definition) is 2. The van der Waals surface area contributed by atoms with Crippen LogP contribution >= 0.6 is 0 Å². The summed E-state index contributed by atoms with van der Waals surface area (Å²) in [6.45, 7) is 2.68. The van der Waals surface area contributed by atoms with Gasteiger partial charge in [0.1, 0.15) is 21.3 Å². The molecule has 0 fully saturated rings. The van der Waals surface area contributed by atoms with E-state index in [0.717, 1.165) is 23.7 Å². The highest BCUT2D eigenvalue weighted by Gasteiger charge is 2.23. The minimum absolute atomic E-state index is 0.132. The maximum Gasteiger partial charge on any atom is 0.148 e. The molecule has 96 valence electrons. The Hall–Kier alpha value is -1.24. The van der Waals surface area contributed by atoms with Crippen LogP contribution in [0, 0.1) is 6.92 Å². The lowest BCUT2D eigenvalue weighted by Gasteiger charge is -2.26. The largest absolute Gasteiger partial charge is 0.378 e. The summed E-state index contributed by atoms with van der Waals surface area (Å²) in [4.78, 5) is 0. The van der Waals surface area contributed by atoms with E-state index in [0.29, 0.717) is 6.42 Å². The van der Waals surface area contributed by atoms with Crippen molar-refractivity contribution in [1.82, 2.24) is 9.78 Å². The van der Waals surface area contributed by atoms with Crippen LogP contribution in [-0.4, -0.2) is 42.8 Å². The van der Waals surface area contributed by atoms with Crippen LogP contribution in [0.3, 0.4) is 0 Å². The topological polar surface area (TPSA) is 76.0 Å². The van der Waals surface area contributed by atoms with Crippen molar-refractivity contribution in [2.75, 3.05) is 29.2 Å². The van der Waals surface area contributed by atoms with E-state index in [1.165, 1.54) is 6.26 Å². The first-order valence-electron chi connectivity index (χ1n) is 5.58. The second-order valence-electron chi connectivity index (χ2n) is 4.57. The van der Waals surface area contributed by atoms with Gasteiger partial charge in [0.05, 0.1) is 11.4 Å². The average molecular weight is 258 g/mol. The molecule has 1 atom stereocenters. The van der Waals surface area contributed by atoms with Gasteiger partial charge < -0.3 is 10.6 Å². The van der Waals surface area contributed by atoms with Gasteiger partial charge in [0, 0.05) is 25.9 Å². The van der Waals surface area contributed by atoms with Crippen molar-refractivity contribution in [3.05, 3.63) is 5.69 Å². The lowest BCUT2D eigenvalue weighted by Crippen LogP contribution is -2.35. The number of aromatic nitrogens is 2. The predicted molar refractivity (Wildman–Crippen MR) is 68.2 cm³/mol. The monoisotopic (exact) mass is 258 g/mol. The van der Waals surface area contributed by atoms with Crippen molar-refractivity contribution in [2.45, 2.75) is 19.4 Å². The van der Waals surface area contributed by atoms with Gasteiger partial charge in [0.25, 0.3) is 0 Å². The summed E-state index contributed by atoms with van der Waals surface area (Å²) >= 11 is 0. The molecule has 1 aliphatic heterocycles. The lowest BCUT2D eigenvalue weighted by atomic mass is 10.1. The van der Waals surface area contributed by atoms with Crippen LogP contribution in [0.25, 0.3) is 0 Å². The maximum atomic E-state index is 11.1. The number of sulfone groups is 1. The van der Waals surface area contributed by atoms with Crippen LogP contribution in [0.4, 0.5) is 11.5 Å². The summed E-state index contributed by atoms with van der Waals surface area (Å²) in [6.07, 6.45) is 1.87. The lowest BCUT2D eigenvalue weighted by molar-refractivity contribution is 0.593. The Kier molecular flexibility index (Phi) is 3.03. The van der Waals surface area contributed by atoms with Gasteiger partial charge in [0.15, 0.2) is 0 Å². The van der Waals surface area contributed by atoms with Crippen LogP contribution in [0.2, 0.25) is 0 Å².